The first-order valence-electron chi connectivity index (χ1n) is 9.22. The van der Waals surface area contributed by atoms with Crippen LogP contribution < -0.4 is 11.1 Å². The van der Waals surface area contributed by atoms with Gasteiger partial charge in [0.2, 0.25) is 0 Å². The first-order valence-corrected chi connectivity index (χ1v) is 9.22. The van der Waals surface area contributed by atoms with Crippen LogP contribution in [0.2, 0.25) is 0 Å². The summed E-state index contributed by atoms with van der Waals surface area (Å²) < 4.78 is 0. The van der Waals surface area contributed by atoms with Gasteiger partial charge in [-0.3, -0.25) is 9.78 Å². The average Bonchev–Trinajstić information content (AvgIpc) is 2.62. The molecule has 0 fully saturated rings. The number of nitrogen functional groups attached to an aromatic ring is 1. The van der Waals surface area contributed by atoms with Crippen LogP contribution in [-0.2, 0) is 5.41 Å². The number of aryl methyl sites for hydroxylation is 1. The minimum absolute atomic E-state index is 0.0680. The molecule has 3 N–H and O–H groups in total. The molecule has 0 saturated carbocycles. The third-order valence-corrected chi connectivity index (χ3v) is 4.95. The third-order valence-electron chi connectivity index (χ3n) is 4.95. The van der Waals surface area contributed by atoms with E-state index in [1.165, 1.54) is 5.56 Å². The molecule has 0 aliphatic rings. The van der Waals surface area contributed by atoms with Gasteiger partial charge in [0, 0.05) is 17.3 Å². The number of nitrogens with zero attached hydrogens (tertiary/aromatic N) is 1. The van der Waals surface area contributed by atoms with Crippen LogP contribution in [0.15, 0.2) is 48.7 Å². The van der Waals surface area contributed by atoms with E-state index in [4.69, 9.17) is 5.73 Å². The predicted octanol–water partition coefficient (Wildman–Crippen LogP) is 4.91. The summed E-state index contributed by atoms with van der Waals surface area (Å²) >= 11 is 0. The van der Waals surface area contributed by atoms with Crippen LogP contribution in [0, 0.1) is 6.92 Å². The lowest BCUT2D eigenvalue weighted by Gasteiger charge is -2.19. The van der Waals surface area contributed by atoms with Crippen LogP contribution in [-0.4, -0.2) is 10.9 Å². The van der Waals surface area contributed by atoms with E-state index in [2.05, 4.69) is 43.2 Å². The van der Waals surface area contributed by atoms with Gasteiger partial charge in [-0.15, -0.1) is 0 Å². The largest absolute Gasteiger partial charge is 0.399 e. The van der Waals surface area contributed by atoms with Gasteiger partial charge < -0.3 is 11.1 Å². The van der Waals surface area contributed by atoms with Crippen molar-refractivity contribution >= 4 is 22.5 Å². The van der Waals surface area contributed by atoms with E-state index >= 15 is 0 Å². The van der Waals surface area contributed by atoms with Gasteiger partial charge >= 0.3 is 0 Å². The van der Waals surface area contributed by atoms with Crippen molar-refractivity contribution in [2.75, 3.05) is 5.73 Å². The van der Waals surface area contributed by atoms with Crippen molar-refractivity contribution in [3.8, 4) is 0 Å². The summed E-state index contributed by atoms with van der Waals surface area (Å²) in [5, 5.41) is 4.00. The van der Waals surface area contributed by atoms with Crippen LogP contribution >= 0.6 is 0 Å². The maximum absolute atomic E-state index is 12.7. The summed E-state index contributed by atoms with van der Waals surface area (Å²) in [6.07, 6.45) is 1.64. The number of pyridine rings is 1. The summed E-state index contributed by atoms with van der Waals surface area (Å²) in [6.45, 7) is 10.5. The van der Waals surface area contributed by atoms with E-state index in [0.29, 0.717) is 5.56 Å². The number of nitrogens with two attached hydrogens (primary N) is 1. The zero-order valence-electron chi connectivity index (χ0n) is 16.6. The molecule has 1 atom stereocenters. The number of carbonyl (C=O) groups is 1. The highest BCUT2D eigenvalue weighted by Crippen LogP contribution is 2.26. The second kappa shape index (κ2) is 7.03. The molecule has 140 valence electrons. The molecule has 4 heteroatoms. The summed E-state index contributed by atoms with van der Waals surface area (Å²) in [6, 6.07) is 13.8. The molecule has 0 spiro atoms. The second-order valence-electron chi connectivity index (χ2n) is 8.19. The number of amides is 1. The Labute approximate surface area is 160 Å². The first-order chi connectivity index (χ1) is 12.6. The zero-order valence-corrected chi connectivity index (χ0v) is 16.6. The monoisotopic (exact) mass is 361 g/mol. The smallest absolute Gasteiger partial charge is 0.253 e. The van der Waals surface area contributed by atoms with Crippen LogP contribution in [0.5, 0.6) is 0 Å². The summed E-state index contributed by atoms with van der Waals surface area (Å²) in [5.74, 6) is -0.133. The number of carbonyl (C=O) groups excluding carboxylic acids is 1. The molecular formula is C23H27N3O. The molecule has 0 saturated heterocycles. The number of nitrogens with one attached hydrogen (secondary N) is 1. The number of hydrogen-bond donors (Lipinski definition) is 2. The molecule has 3 rings (SSSR count). The molecule has 0 radical (unpaired) electrons. The lowest BCUT2D eigenvalue weighted by Crippen LogP contribution is -2.26. The Kier molecular flexibility index (Phi) is 4.92. The van der Waals surface area contributed by atoms with Crippen molar-refractivity contribution < 1.29 is 4.79 Å². The van der Waals surface area contributed by atoms with Gasteiger partial charge in [-0.05, 0) is 54.2 Å². The average molecular weight is 361 g/mol. The summed E-state index contributed by atoms with van der Waals surface area (Å²) in [5.41, 5.74) is 11.4. The van der Waals surface area contributed by atoms with Crippen LogP contribution in [0.25, 0.3) is 10.9 Å². The molecule has 1 amide bonds. The maximum Gasteiger partial charge on any atom is 0.253 e. The summed E-state index contributed by atoms with van der Waals surface area (Å²) in [7, 11) is 0. The van der Waals surface area contributed by atoms with E-state index < -0.39 is 0 Å². The van der Waals surface area contributed by atoms with Gasteiger partial charge in [0.05, 0.1) is 17.1 Å². The number of anilines is 1. The fourth-order valence-electron chi connectivity index (χ4n) is 3.04. The molecule has 1 aromatic heterocycles. The Hall–Kier alpha value is -2.88. The van der Waals surface area contributed by atoms with Crippen molar-refractivity contribution in [3.63, 3.8) is 0 Å². The molecule has 0 aliphatic carbocycles. The molecule has 0 bridgehead atoms. The maximum atomic E-state index is 12.7. The Morgan fingerprint density at radius 2 is 1.85 bits per heavy atom. The summed E-state index contributed by atoms with van der Waals surface area (Å²) in [4.78, 5) is 17.2. The Balaban J connectivity index is 1.81. The van der Waals surface area contributed by atoms with Crippen LogP contribution in [0.4, 0.5) is 5.69 Å². The lowest BCUT2D eigenvalue weighted by molar-refractivity contribution is 0.0939. The van der Waals surface area contributed by atoms with Crippen molar-refractivity contribution in [3.05, 3.63) is 70.9 Å². The standard InChI is InChI=1S/C23H27N3O/c1-14-10-16(7-9-20(14)24)15(2)26-22(27)18-11-17-6-8-19(23(3,4)5)12-21(17)25-13-18/h6-13,15H,24H2,1-5H3,(H,26,27)/t15-/m1/s1. The van der Waals surface area contributed by atoms with Crippen LogP contribution in [0.1, 0.15) is 60.8 Å². The minimum atomic E-state index is -0.133. The Bertz CT molecular complexity index is 1000. The van der Waals surface area contributed by atoms with Crippen LogP contribution in [0.3, 0.4) is 0 Å². The molecule has 27 heavy (non-hydrogen) atoms. The fraction of sp³-hybridized carbons (Fsp3) is 0.304. The van der Waals surface area contributed by atoms with Gasteiger partial charge in [-0.25, -0.2) is 0 Å². The van der Waals surface area contributed by atoms with E-state index in [9.17, 15) is 4.79 Å². The third kappa shape index (κ3) is 4.11. The molecular weight excluding hydrogens is 334 g/mol. The number of hydrogen-bond acceptors (Lipinski definition) is 3. The van der Waals surface area contributed by atoms with Gasteiger partial charge in [0.25, 0.3) is 5.91 Å². The molecule has 4 nitrogen and oxygen atoms in total. The fourth-order valence-corrected chi connectivity index (χ4v) is 3.04. The van der Waals surface area contributed by atoms with Gasteiger partial charge in [0.1, 0.15) is 0 Å². The Morgan fingerprint density at radius 3 is 2.52 bits per heavy atom. The number of aromatic nitrogens is 1. The van der Waals surface area contributed by atoms with Crippen molar-refractivity contribution in [1.29, 1.82) is 0 Å². The normalized spacial score (nSPS) is 12.8. The number of rotatable bonds is 3. The topological polar surface area (TPSA) is 68.0 Å². The predicted molar refractivity (Wildman–Crippen MR) is 112 cm³/mol. The van der Waals surface area contributed by atoms with Gasteiger partial charge in [-0.1, -0.05) is 45.0 Å². The van der Waals surface area contributed by atoms with E-state index in [-0.39, 0.29) is 17.4 Å². The molecule has 3 aromatic rings. The molecule has 0 unspecified atom stereocenters. The van der Waals surface area contributed by atoms with Crippen molar-refractivity contribution in [2.45, 2.75) is 46.1 Å². The van der Waals surface area contributed by atoms with E-state index in [1.807, 2.05) is 44.2 Å². The van der Waals surface area contributed by atoms with E-state index in [0.717, 1.165) is 27.7 Å². The highest BCUT2D eigenvalue weighted by atomic mass is 16.1. The molecule has 1 heterocycles. The molecule has 2 aromatic carbocycles. The number of fused-ring (bicyclic) bond motifs is 1. The van der Waals surface area contributed by atoms with Gasteiger partial charge in [0.15, 0.2) is 0 Å². The quantitative estimate of drug-likeness (QED) is 0.651. The molecule has 0 aliphatic heterocycles. The second-order valence-corrected chi connectivity index (χ2v) is 8.19. The minimum Gasteiger partial charge on any atom is -0.399 e. The van der Waals surface area contributed by atoms with Gasteiger partial charge in [-0.2, -0.15) is 0 Å². The van der Waals surface area contributed by atoms with Crippen molar-refractivity contribution in [1.82, 2.24) is 10.3 Å². The zero-order chi connectivity index (χ0) is 19.8. The van der Waals surface area contributed by atoms with Crippen molar-refractivity contribution in [2.24, 2.45) is 0 Å². The lowest BCUT2D eigenvalue weighted by atomic mass is 9.86. The highest BCUT2D eigenvalue weighted by Gasteiger charge is 2.16. The highest BCUT2D eigenvalue weighted by molar-refractivity contribution is 5.97. The first kappa shape index (κ1) is 18.9. The van der Waals surface area contributed by atoms with E-state index in [1.54, 1.807) is 6.20 Å². The number of benzene rings is 2. The Morgan fingerprint density at radius 1 is 1.11 bits per heavy atom. The SMILES string of the molecule is Cc1cc([C@@H](C)NC(=O)c2cnc3cc(C(C)(C)C)ccc3c2)ccc1N.